The first-order valence-electron chi connectivity index (χ1n) is 8.73. The number of rotatable bonds is 8. The van der Waals surface area contributed by atoms with E-state index in [1.807, 2.05) is 66.9 Å². The van der Waals surface area contributed by atoms with Crippen LogP contribution in [0.3, 0.4) is 0 Å². The van der Waals surface area contributed by atoms with E-state index in [4.69, 9.17) is 4.74 Å². The van der Waals surface area contributed by atoms with Gasteiger partial charge in [0.25, 0.3) is 0 Å². The first kappa shape index (κ1) is 17.9. The van der Waals surface area contributed by atoms with Crippen molar-refractivity contribution in [2.75, 3.05) is 7.05 Å². The SMILES string of the molecule is CNC(CCc1ncc(-c2ccccc2)[nH]1)C(=O)OCc1ccccc1. The fraction of sp³-hybridized carbons (Fsp3) is 0.238. The molecule has 1 heterocycles. The quantitative estimate of drug-likeness (QED) is 0.612. The fourth-order valence-electron chi connectivity index (χ4n) is 2.74. The van der Waals surface area contributed by atoms with Gasteiger partial charge in [0.15, 0.2) is 0 Å². The molecule has 5 nitrogen and oxygen atoms in total. The summed E-state index contributed by atoms with van der Waals surface area (Å²) in [4.78, 5) is 20.0. The number of likely N-dealkylation sites (N-methyl/N-ethyl adjacent to an activating group) is 1. The molecule has 0 aliphatic carbocycles. The molecule has 0 saturated heterocycles. The Morgan fingerprint density at radius 3 is 2.50 bits per heavy atom. The highest BCUT2D eigenvalue weighted by Crippen LogP contribution is 2.17. The van der Waals surface area contributed by atoms with Crippen molar-refractivity contribution in [2.24, 2.45) is 0 Å². The van der Waals surface area contributed by atoms with Crippen LogP contribution in [0.1, 0.15) is 17.8 Å². The minimum atomic E-state index is -0.357. The van der Waals surface area contributed by atoms with E-state index in [2.05, 4.69) is 15.3 Å². The lowest BCUT2D eigenvalue weighted by atomic mass is 10.1. The van der Waals surface area contributed by atoms with Crippen molar-refractivity contribution in [1.82, 2.24) is 15.3 Å². The Labute approximate surface area is 153 Å². The van der Waals surface area contributed by atoms with Crippen LogP contribution in [0.25, 0.3) is 11.3 Å². The maximum absolute atomic E-state index is 12.3. The van der Waals surface area contributed by atoms with E-state index in [9.17, 15) is 4.79 Å². The van der Waals surface area contributed by atoms with Gasteiger partial charge >= 0.3 is 5.97 Å². The normalized spacial score (nSPS) is 11.9. The topological polar surface area (TPSA) is 67.0 Å². The standard InChI is InChI=1S/C21H23N3O2/c1-22-18(21(25)26-15-16-8-4-2-5-9-16)12-13-20-23-14-19(24-20)17-10-6-3-7-11-17/h2-11,14,18,22H,12-13,15H2,1H3,(H,23,24). The molecule has 3 aromatic rings. The molecule has 2 aromatic carbocycles. The smallest absolute Gasteiger partial charge is 0.323 e. The van der Waals surface area contributed by atoms with E-state index in [0.717, 1.165) is 22.6 Å². The molecule has 1 atom stereocenters. The molecular formula is C21H23N3O2. The van der Waals surface area contributed by atoms with Crippen LogP contribution in [0.15, 0.2) is 66.9 Å². The minimum absolute atomic E-state index is 0.244. The van der Waals surface area contributed by atoms with Gasteiger partial charge in [-0.2, -0.15) is 0 Å². The number of nitrogens with one attached hydrogen (secondary N) is 2. The Morgan fingerprint density at radius 1 is 1.12 bits per heavy atom. The average molecular weight is 349 g/mol. The molecule has 0 fully saturated rings. The largest absolute Gasteiger partial charge is 0.460 e. The summed E-state index contributed by atoms with van der Waals surface area (Å²) in [5.74, 6) is 0.617. The fourth-order valence-corrected chi connectivity index (χ4v) is 2.74. The molecule has 134 valence electrons. The Morgan fingerprint density at radius 2 is 1.81 bits per heavy atom. The number of hydrogen-bond donors (Lipinski definition) is 2. The van der Waals surface area contributed by atoms with Crippen LogP contribution in [-0.2, 0) is 22.6 Å². The number of benzene rings is 2. The number of imidazole rings is 1. The summed E-state index contributed by atoms with van der Waals surface area (Å²) < 4.78 is 5.41. The number of aromatic amines is 1. The number of aryl methyl sites for hydroxylation is 1. The van der Waals surface area contributed by atoms with Crippen LogP contribution in [0.5, 0.6) is 0 Å². The van der Waals surface area contributed by atoms with E-state index >= 15 is 0 Å². The van der Waals surface area contributed by atoms with Crippen LogP contribution >= 0.6 is 0 Å². The summed E-state index contributed by atoms with van der Waals surface area (Å²) in [6.45, 7) is 0.288. The zero-order valence-electron chi connectivity index (χ0n) is 14.8. The lowest BCUT2D eigenvalue weighted by Crippen LogP contribution is -2.36. The van der Waals surface area contributed by atoms with E-state index in [1.165, 1.54) is 0 Å². The summed E-state index contributed by atoms with van der Waals surface area (Å²) in [5.41, 5.74) is 3.06. The van der Waals surface area contributed by atoms with Gasteiger partial charge in [-0.15, -0.1) is 0 Å². The second-order valence-electron chi connectivity index (χ2n) is 6.08. The predicted molar refractivity (Wildman–Crippen MR) is 101 cm³/mol. The number of H-pyrrole nitrogens is 1. The number of esters is 1. The number of aromatic nitrogens is 2. The Kier molecular flexibility index (Phi) is 6.17. The maximum atomic E-state index is 12.3. The molecule has 1 aromatic heterocycles. The van der Waals surface area contributed by atoms with Gasteiger partial charge in [0.1, 0.15) is 18.5 Å². The Balaban J connectivity index is 1.52. The van der Waals surface area contributed by atoms with Crippen molar-refractivity contribution < 1.29 is 9.53 Å². The van der Waals surface area contributed by atoms with Crippen molar-refractivity contribution in [3.63, 3.8) is 0 Å². The van der Waals surface area contributed by atoms with Gasteiger partial charge in [-0.1, -0.05) is 60.7 Å². The number of carbonyl (C=O) groups is 1. The molecular weight excluding hydrogens is 326 g/mol. The lowest BCUT2D eigenvalue weighted by Gasteiger charge is -2.14. The van der Waals surface area contributed by atoms with Gasteiger partial charge in [0.2, 0.25) is 0 Å². The molecule has 0 spiro atoms. The summed E-state index contributed by atoms with van der Waals surface area (Å²) in [6, 6.07) is 19.4. The molecule has 5 heteroatoms. The van der Waals surface area contributed by atoms with Crippen LogP contribution < -0.4 is 5.32 Å². The number of ether oxygens (including phenoxy) is 1. The molecule has 0 saturated carbocycles. The molecule has 0 bridgehead atoms. The van der Waals surface area contributed by atoms with Gasteiger partial charge in [-0.25, -0.2) is 4.98 Å². The van der Waals surface area contributed by atoms with E-state index in [1.54, 1.807) is 7.05 Å². The molecule has 26 heavy (non-hydrogen) atoms. The van der Waals surface area contributed by atoms with Gasteiger partial charge in [0, 0.05) is 6.42 Å². The van der Waals surface area contributed by atoms with Crippen molar-refractivity contribution in [2.45, 2.75) is 25.5 Å². The van der Waals surface area contributed by atoms with Gasteiger partial charge < -0.3 is 15.0 Å². The summed E-state index contributed by atoms with van der Waals surface area (Å²) in [5, 5.41) is 3.03. The molecule has 0 amide bonds. The Bertz CT molecular complexity index is 816. The second kappa shape index (κ2) is 8.97. The summed E-state index contributed by atoms with van der Waals surface area (Å²) in [7, 11) is 1.77. The highest BCUT2D eigenvalue weighted by Gasteiger charge is 2.18. The molecule has 2 N–H and O–H groups in total. The van der Waals surface area contributed by atoms with E-state index < -0.39 is 0 Å². The van der Waals surface area contributed by atoms with Crippen molar-refractivity contribution in [1.29, 1.82) is 0 Å². The third-order valence-corrected chi connectivity index (χ3v) is 4.24. The predicted octanol–water partition coefficient (Wildman–Crippen LogP) is 3.34. The molecule has 0 radical (unpaired) electrons. The third-order valence-electron chi connectivity index (χ3n) is 4.24. The van der Waals surface area contributed by atoms with Crippen LogP contribution in [-0.4, -0.2) is 29.0 Å². The molecule has 3 rings (SSSR count). The Hall–Kier alpha value is -2.92. The lowest BCUT2D eigenvalue weighted by molar-refractivity contribution is -0.147. The van der Waals surface area contributed by atoms with Gasteiger partial charge in [-0.05, 0) is 24.6 Å². The first-order chi connectivity index (χ1) is 12.8. The molecule has 0 aliphatic rings. The average Bonchev–Trinajstić information content (AvgIpc) is 3.17. The first-order valence-corrected chi connectivity index (χ1v) is 8.73. The summed E-state index contributed by atoms with van der Waals surface area (Å²) >= 11 is 0. The van der Waals surface area contributed by atoms with Crippen molar-refractivity contribution in [3.8, 4) is 11.3 Å². The van der Waals surface area contributed by atoms with E-state index in [-0.39, 0.29) is 18.6 Å². The minimum Gasteiger partial charge on any atom is -0.460 e. The zero-order chi connectivity index (χ0) is 18.2. The zero-order valence-corrected chi connectivity index (χ0v) is 14.8. The van der Waals surface area contributed by atoms with Gasteiger partial charge in [-0.3, -0.25) is 4.79 Å². The van der Waals surface area contributed by atoms with Crippen LogP contribution in [0.2, 0.25) is 0 Å². The van der Waals surface area contributed by atoms with E-state index in [0.29, 0.717) is 12.8 Å². The number of nitrogens with zero attached hydrogens (tertiary/aromatic N) is 1. The number of hydrogen-bond acceptors (Lipinski definition) is 4. The second-order valence-corrected chi connectivity index (χ2v) is 6.08. The van der Waals surface area contributed by atoms with Crippen molar-refractivity contribution in [3.05, 3.63) is 78.2 Å². The monoisotopic (exact) mass is 349 g/mol. The molecule has 1 unspecified atom stereocenters. The van der Waals surface area contributed by atoms with Crippen LogP contribution in [0.4, 0.5) is 0 Å². The highest BCUT2D eigenvalue weighted by molar-refractivity contribution is 5.75. The van der Waals surface area contributed by atoms with Crippen LogP contribution in [0, 0.1) is 0 Å². The van der Waals surface area contributed by atoms with Crippen molar-refractivity contribution >= 4 is 5.97 Å². The summed E-state index contributed by atoms with van der Waals surface area (Å²) in [6.07, 6.45) is 3.11. The number of carbonyl (C=O) groups excluding carboxylic acids is 1. The highest BCUT2D eigenvalue weighted by atomic mass is 16.5. The molecule has 0 aliphatic heterocycles. The third kappa shape index (κ3) is 4.80. The van der Waals surface area contributed by atoms with Gasteiger partial charge in [0.05, 0.1) is 11.9 Å². The maximum Gasteiger partial charge on any atom is 0.323 e.